The van der Waals surface area contributed by atoms with Crippen molar-refractivity contribution in [3.05, 3.63) is 33.7 Å². The molecule has 2 N–H and O–H groups in total. The number of aromatic amines is 1. The Balaban J connectivity index is 2.57. The van der Waals surface area contributed by atoms with Crippen LogP contribution in [0.5, 0.6) is 0 Å². The van der Waals surface area contributed by atoms with Crippen LogP contribution in [-0.4, -0.2) is 74.1 Å². The van der Waals surface area contributed by atoms with Crippen LogP contribution in [0.25, 0.3) is 0 Å². The van der Waals surface area contributed by atoms with Gasteiger partial charge in [0.05, 0.1) is 52.5 Å². The molecule has 2 rings (SSSR count). The second kappa shape index (κ2) is 13.1. The van der Waals surface area contributed by atoms with Gasteiger partial charge in [0.25, 0.3) is 0 Å². The van der Waals surface area contributed by atoms with Crippen molar-refractivity contribution in [3.63, 3.8) is 0 Å². The average Bonchev–Trinajstić information content (AvgIpc) is 3.32. The molecule has 1 amide bonds. The topological polar surface area (TPSA) is 150 Å². The van der Waals surface area contributed by atoms with Crippen LogP contribution in [-0.2, 0) is 62.2 Å². The van der Waals surface area contributed by atoms with Gasteiger partial charge in [-0.1, -0.05) is 12.2 Å². The molecule has 0 saturated carbocycles. The number of esters is 4. The Hall–Kier alpha value is -3.54. The number of rotatable bonds is 13. The Morgan fingerprint density at radius 2 is 1.38 bits per heavy atom. The van der Waals surface area contributed by atoms with Crippen LogP contribution in [0.4, 0.5) is 0 Å². The summed E-state index contributed by atoms with van der Waals surface area (Å²) in [6.07, 6.45) is 0.251. The van der Waals surface area contributed by atoms with E-state index in [0.717, 1.165) is 0 Å². The van der Waals surface area contributed by atoms with Crippen molar-refractivity contribution in [2.24, 2.45) is 0 Å². The van der Waals surface area contributed by atoms with Crippen LogP contribution < -0.4 is 5.32 Å². The van der Waals surface area contributed by atoms with E-state index in [1.807, 2.05) is 0 Å². The van der Waals surface area contributed by atoms with Crippen molar-refractivity contribution < 1.29 is 42.9 Å². The van der Waals surface area contributed by atoms with Crippen molar-refractivity contribution in [1.29, 1.82) is 0 Å². The number of hydrogen-bond donors (Lipinski definition) is 2. The summed E-state index contributed by atoms with van der Waals surface area (Å²) in [5.74, 6) is -2.37. The third-order valence-corrected chi connectivity index (χ3v) is 6.63. The highest BCUT2D eigenvalue weighted by molar-refractivity contribution is 7.79. The number of H-pyrrole nitrogens is 1. The first-order valence-corrected chi connectivity index (χ1v) is 12.0. The molecule has 0 aliphatic carbocycles. The molecule has 2 heterocycles. The molecule has 1 aromatic rings. The highest BCUT2D eigenvalue weighted by Crippen LogP contribution is 2.36. The van der Waals surface area contributed by atoms with Gasteiger partial charge in [-0.15, -0.1) is 0 Å². The molecule has 1 atom stereocenters. The summed E-state index contributed by atoms with van der Waals surface area (Å²) < 4.78 is 19.2. The predicted octanol–water partition coefficient (Wildman–Crippen LogP) is 1.43. The predicted molar refractivity (Wildman–Crippen MR) is 135 cm³/mol. The first-order valence-electron chi connectivity index (χ1n) is 11.5. The summed E-state index contributed by atoms with van der Waals surface area (Å²) in [6.45, 7) is 1.75. The number of amides is 1. The average molecular weight is 537 g/mol. The summed E-state index contributed by atoms with van der Waals surface area (Å²) in [6, 6.07) is 0. The standard InChI is InChI=1S/C25H32N2O9S/c1-25(17(11-23(31)36-5)15(24(32)27-25)7-9-21(29)34-3)12-18-16(10-22(30)35-4)14(19(13-37)26-18)6-8-20(28)33-2/h13,26H,6-12H2,1-5H3,(H,27,32). The SMILES string of the molecule is COC(=O)CCC1=C(CC(=O)OC)C(C)(Cc2[nH]c(C=S)c(CCC(=O)OC)c2CC(=O)OC)NC1=O. The molecule has 0 radical (unpaired) electrons. The van der Waals surface area contributed by atoms with Crippen LogP contribution in [0.1, 0.15) is 55.1 Å². The monoisotopic (exact) mass is 536 g/mol. The van der Waals surface area contributed by atoms with E-state index in [4.69, 9.17) is 26.4 Å². The first-order chi connectivity index (χ1) is 17.5. The lowest BCUT2D eigenvalue weighted by atomic mass is 9.83. The van der Waals surface area contributed by atoms with Gasteiger partial charge in [0.15, 0.2) is 0 Å². The van der Waals surface area contributed by atoms with E-state index in [9.17, 15) is 24.0 Å². The van der Waals surface area contributed by atoms with Gasteiger partial charge in [0, 0.05) is 35.9 Å². The van der Waals surface area contributed by atoms with E-state index in [0.29, 0.717) is 33.7 Å². The molecule has 11 nitrogen and oxygen atoms in total. The summed E-state index contributed by atoms with van der Waals surface area (Å²) in [4.78, 5) is 64.3. The number of carbonyl (C=O) groups is 5. The van der Waals surface area contributed by atoms with Crippen LogP contribution >= 0.6 is 12.2 Å². The van der Waals surface area contributed by atoms with E-state index in [2.05, 4.69) is 15.0 Å². The Morgan fingerprint density at radius 1 is 0.838 bits per heavy atom. The maximum absolute atomic E-state index is 13.0. The van der Waals surface area contributed by atoms with Crippen LogP contribution in [0.3, 0.4) is 0 Å². The van der Waals surface area contributed by atoms with Gasteiger partial charge in [0.1, 0.15) is 0 Å². The number of thiocarbonyl (C=S) groups is 1. The second-order valence-electron chi connectivity index (χ2n) is 8.67. The second-order valence-corrected chi connectivity index (χ2v) is 8.91. The van der Waals surface area contributed by atoms with Crippen molar-refractivity contribution in [2.75, 3.05) is 28.4 Å². The van der Waals surface area contributed by atoms with Gasteiger partial charge in [-0.3, -0.25) is 24.0 Å². The maximum atomic E-state index is 13.0. The Labute approximate surface area is 220 Å². The van der Waals surface area contributed by atoms with Gasteiger partial charge < -0.3 is 29.2 Å². The van der Waals surface area contributed by atoms with Gasteiger partial charge in [-0.2, -0.15) is 0 Å². The highest BCUT2D eigenvalue weighted by atomic mass is 32.1. The molecule has 0 bridgehead atoms. The largest absolute Gasteiger partial charge is 0.469 e. The zero-order chi connectivity index (χ0) is 27.8. The molecule has 37 heavy (non-hydrogen) atoms. The fraction of sp³-hybridized carbons (Fsp3) is 0.520. The van der Waals surface area contributed by atoms with E-state index < -0.39 is 35.3 Å². The van der Waals surface area contributed by atoms with E-state index in [-0.39, 0.29) is 44.9 Å². The molecule has 0 aromatic carbocycles. The lowest BCUT2D eigenvalue weighted by Gasteiger charge is -2.28. The van der Waals surface area contributed by atoms with Gasteiger partial charge in [-0.25, -0.2) is 0 Å². The number of methoxy groups -OCH3 is 4. The molecule has 12 heteroatoms. The zero-order valence-corrected chi connectivity index (χ0v) is 22.4. The molecular formula is C25H32N2O9S. The number of nitrogens with one attached hydrogen (secondary N) is 2. The van der Waals surface area contributed by atoms with E-state index in [1.165, 1.54) is 33.8 Å². The fourth-order valence-corrected chi connectivity index (χ4v) is 4.64. The molecule has 1 aromatic heterocycles. The van der Waals surface area contributed by atoms with Crippen molar-refractivity contribution in [2.45, 2.75) is 57.4 Å². The lowest BCUT2D eigenvalue weighted by Crippen LogP contribution is -2.44. The molecule has 0 saturated heterocycles. The molecule has 1 aliphatic heterocycles. The number of aromatic nitrogens is 1. The maximum Gasteiger partial charge on any atom is 0.310 e. The van der Waals surface area contributed by atoms with Crippen LogP contribution in [0.2, 0.25) is 0 Å². The minimum Gasteiger partial charge on any atom is -0.469 e. The minimum absolute atomic E-state index is 0.0389. The molecule has 1 aliphatic rings. The van der Waals surface area contributed by atoms with Crippen molar-refractivity contribution in [3.8, 4) is 0 Å². The number of hydrogen-bond acceptors (Lipinski definition) is 10. The van der Waals surface area contributed by atoms with Gasteiger partial charge in [0.2, 0.25) is 5.91 Å². The van der Waals surface area contributed by atoms with Crippen LogP contribution in [0, 0.1) is 0 Å². The first kappa shape index (κ1) is 29.7. The molecule has 202 valence electrons. The minimum atomic E-state index is -1.05. The summed E-state index contributed by atoms with van der Waals surface area (Å²) in [5.41, 5.74) is 2.11. The fourth-order valence-electron chi connectivity index (χ4n) is 4.44. The normalized spacial score (nSPS) is 16.7. The summed E-state index contributed by atoms with van der Waals surface area (Å²) >= 11 is 5.17. The summed E-state index contributed by atoms with van der Waals surface area (Å²) in [5, 5.41) is 4.35. The molecule has 1 unspecified atom stereocenters. The zero-order valence-electron chi connectivity index (χ0n) is 21.6. The van der Waals surface area contributed by atoms with Crippen molar-refractivity contribution >= 4 is 47.4 Å². The highest BCUT2D eigenvalue weighted by Gasteiger charge is 2.43. The third-order valence-electron chi connectivity index (χ3n) is 6.39. The lowest BCUT2D eigenvalue weighted by molar-refractivity contribution is -0.141. The number of ether oxygens (including phenoxy) is 4. The quantitative estimate of drug-likeness (QED) is 0.215. The van der Waals surface area contributed by atoms with Gasteiger partial charge in [-0.05, 0) is 36.5 Å². The third kappa shape index (κ3) is 7.25. The van der Waals surface area contributed by atoms with Crippen LogP contribution in [0.15, 0.2) is 11.1 Å². The van der Waals surface area contributed by atoms with Crippen molar-refractivity contribution in [1.82, 2.24) is 10.3 Å². The molecule has 0 spiro atoms. The van der Waals surface area contributed by atoms with E-state index >= 15 is 0 Å². The Bertz CT molecular complexity index is 1120. The Kier molecular flexibility index (Phi) is 10.5. The molecular weight excluding hydrogens is 504 g/mol. The smallest absolute Gasteiger partial charge is 0.310 e. The molecule has 0 fully saturated rings. The number of carbonyl (C=O) groups excluding carboxylic acids is 5. The van der Waals surface area contributed by atoms with E-state index in [1.54, 1.807) is 6.92 Å². The van der Waals surface area contributed by atoms with Gasteiger partial charge >= 0.3 is 23.9 Å². The Morgan fingerprint density at radius 3 is 1.92 bits per heavy atom. The summed E-state index contributed by atoms with van der Waals surface area (Å²) in [7, 11) is 5.06.